The van der Waals surface area contributed by atoms with Crippen molar-refractivity contribution >= 4 is 17.9 Å². The van der Waals surface area contributed by atoms with Crippen molar-refractivity contribution in [1.29, 1.82) is 0 Å². The minimum atomic E-state index is -1.23. The fraction of sp³-hybridized carbons (Fsp3) is 0.214. The van der Waals surface area contributed by atoms with Crippen LogP contribution in [-0.2, 0) is 4.79 Å². The van der Waals surface area contributed by atoms with Crippen LogP contribution in [0.25, 0.3) is 0 Å². The normalized spacial score (nSPS) is 9.19. The maximum Gasteiger partial charge on any atom is 0.336 e. The van der Waals surface area contributed by atoms with Gasteiger partial charge in [0.1, 0.15) is 0 Å². The van der Waals surface area contributed by atoms with Gasteiger partial charge in [0.05, 0.1) is 11.1 Å². The molecule has 0 saturated heterocycles. The molecule has 0 aliphatic carbocycles. The Hall–Kier alpha value is -2.67. The summed E-state index contributed by atoms with van der Waals surface area (Å²) in [6, 6.07) is 5.48. The molecule has 1 aromatic rings. The van der Waals surface area contributed by atoms with Crippen LogP contribution in [0.1, 0.15) is 33.6 Å². The molecule has 1 rings (SSSR count). The van der Waals surface area contributed by atoms with E-state index in [-0.39, 0.29) is 23.3 Å². The van der Waals surface area contributed by atoms with E-state index in [0.29, 0.717) is 12.8 Å². The fourth-order valence-corrected chi connectivity index (χ4v) is 1.26. The molecule has 0 aliphatic rings. The van der Waals surface area contributed by atoms with Gasteiger partial charge in [-0.05, 0) is 25.0 Å². The summed E-state index contributed by atoms with van der Waals surface area (Å²) in [6.45, 7) is 3.30. The van der Waals surface area contributed by atoms with Crippen LogP contribution in [0.5, 0.6) is 0 Å². The summed E-state index contributed by atoms with van der Waals surface area (Å²) < 4.78 is 0. The summed E-state index contributed by atoms with van der Waals surface area (Å²) in [7, 11) is 0. The second kappa shape index (κ2) is 9.27. The largest absolute Gasteiger partial charge is 0.478 e. The Morgan fingerprint density at radius 1 is 0.952 bits per heavy atom. The number of benzene rings is 1. The van der Waals surface area contributed by atoms with E-state index in [2.05, 4.69) is 6.58 Å². The lowest BCUT2D eigenvalue weighted by atomic mass is 10.1. The number of rotatable bonds is 6. The molecule has 0 fully saturated rings. The average molecular weight is 296 g/mol. The molecule has 4 N–H and O–H groups in total. The zero-order valence-electron chi connectivity index (χ0n) is 11.2. The van der Waals surface area contributed by atoms with Crippen molar-refractivity contribution in [2.75, 3.05) is 6.61 Å². The van der Waals surface area contributed by atoms with Gasteiger partial charge in [0.25, 0.3) is 0 Å². The van der Waals surface area contributed by atoms with E-state index in [1.165, 1.54) is 24.3 Å². The molecule has 0 aliphatic heterocycles. The molecule has 7 heteroatoms. The molecule has 0 radical (unpaired) electrons. The van der Waals surface area contributed by atoms with E-state index < -0.39 is 17.9 Å². The molecular weight excluding hydrogens is 280 g/mol. The van der Waals surface area contributed by atoms with Crippen LogP contribution in [0.15, 0.2) is 36.4 Å². The van der Waals surface area contributed by atoms with Gasteiger partial charge in [-0.25, -0.2) is 14.4 Å². The van der Waals surface area contributed by atoms with Crippen LogP contribution >= 0.6 is 0 Å². The minimum absolute atomic E-state index is 0.0201. The lowest BCUT2D eigenvalue weighted by molar-refractivity contribution is -0.132. The van der Waals surface area contributed by atoms with Crippen molar-refractivity contribution in [3.63, 3.8) is 0 Å². The number of aromatic carboxylic acids is 2. The topological polar surface area (TPSA) is 132 Å². The Morgan fingerprint density at radius 3 is 1.67 bits per heavy atom. The molecule has 0 aromatic heterocycles. The Labute approximate surface area is 120 Å². The van der Waals surface area contributed by atoms with Crippen molar-refractivity contribution in [1.82, 2.24) is 0 Å². The van der Waals surface area contributed by atoms with Gasteiger partial charge in [-0.1, -0.05) is 18.7 Å². The Bertz CT molecular complexity index is 501. The monoisotopic (exact) mass is 296 g/mol. The summed E-state index contributed by atoms with van der Waals surface area (Å²) >= 11 is 0. The first-order valence-electron chi connectivity index (χ1n) is 5.88. The third kappa shape index (κ3) is 6.88. The highest BCUT2D eigenvalue weighted by atomic mass is 16.4. The van der Waals surface area contributed by atoms with Gasteiger partial charge in [0, 0.05) is 12.2 Å². The van der Waals surface area contributed by atoms with Gasteiger partial charge in [0.2, 0.25) is 0 Å². The summed E-state index contributed by atoms with van der Waals surface area (Å²) in [5.74, 6) is -3.44. The van der Waals surface area contributed by atoms with E-state index in [1.807, 2.05) is 0 Å². The molecular formula is C14H16O7. The van der Waals surface area contributed by atoms with Gasteiger partial charge in [-0.15, -0.1) is 0 Å². The van der Waals surface area contributed by atoms with Crippen LogP contribution < -0.4 is 0 Å². The van der Waals surface area contributed by atoms with E-state index in [9.17, 15) is 14.4 Å². The first kappa shape index (κ1) is 18.3. The standard InChI is InChI=1S/C8H6O4.C6H10O3/c9-7(10)5-3-1-2-4-6(5)8(11)12;1-5(6(8)9)3-2-4-7/h1-4H,(H,9,10)(H,11,12);7H,1-4H2,(H,8,9). The highest BCUT2D eigenvalue weighted by molar-refractivity contribution is 6.01. The molecule has 0 spiro atoms. The lowest BCUT2D eigenvalue weighted by Gasteiger charge is -1.98. The molecule has 21 heavy (non-hydrogen) atoms. The van der Waals surface area contributed by atoms with Crippen LogP contribution in [0, 0.1) is 0 Å². The van der Waals surface area contributed by atoms with Gasteiger partial charge in [0.15, 0.2) is 0 Å². The molecule has 0 atom stereocenters. The minimum Gasteiger partial charge on any atom is -0.478 e. The molecule has 0 unspecified atom stereocenters. The van der Waals surface area contributed by atoms with Gasteiger partial charge < -0.3 is 20.4 Å². The summed E-state index contributed by atoms with van der Waals surface area (Å²) in [5.41, 5.74) is -0.223. The maximum atomic E-state index is 10.5. The third-order valence-corrected chi connectivity index (χ3v) is 2.33. The van der Waals surface area contributed by atoms with Crippen LogP contribution in [0.4, 0.5) is 0 Å². The smallest absolute Gasteiger partial charge is 0.336 e. The van der Waals surface area contributed by atoms with Crippen molar-refractivity contribution < 1.29 is 34.8 Å². The Kier molecular flexibility index (Phi) is 8.09. The van der Waals surface area contributed by atoms with Crippen LogP contribution in [0.2, 0.25) is 0 Å². The predicted molar refractivity (Wildman–Crippen MR) is 73.5 cm³/mol. The number of carboxylic acid groups (broad SMARTS) is 3. The number of carbonyl (C=O) groups is 3. The first-order valence-corrected chi connectivity index (χ1v) is 5.88. The number of hydrogen-bond donors (Lipinski definition) is 4. The fourth-order valence-electron chi connectivity index (χ4n) is 1.26. The second-order valence-electron chi connectivity index (χ2n) is 3.89. The molecule has 1 aromatic carbocycles. The molecule has 0 heterocycles. The Balaban J connectivity index is 0.000000400. The first-order chi connectivity index (χ1) is 9.81. The molecule has 7 nitrogen and oxygen atoms in total. The zero-order valence-corrected chi connectivity index (χ0v) is 11.2. The van der Waals surface area contributed by atoms with Gasteiger partial charge >= 0.3 is 17.9 Å². The third-order valence-electron chi connectivity index (χ3n) is 2.33. The Morgan fingerprint density at radius 2 is 1.38 bits per heavy atom. The lowest BCUT2D eigenvalue weighted by Crippen LogP contribution is -2.06. The van der Waals surface area contributed by atoms with Crippen LogP contribution in [-0.4, -0.2) is 44.9 Å². The number of aliphatic hydroxyl groups excluding tert-OH is 1. The number of hydrogen-bond acceptors (Lipinski definition) is 4. The highest BCUT2D eigenvalue weighted by Crippen LogP contribution is 2.07. The summed E-state index contributed by atoms with van der Waals surface area (Å²) in [4.78, 5) is 30.9. The number of aliphatic carboxylic acids is 1. The van der Waals surface area contributed by atoms with E-state index in [4.69, 9.17) is 20.4 Å². The zero-order chi connectivity index (χ0) is 16.4. The van der Waals surface area contributed by atoms with E-state index in [1.54, 1.807) is 0 Å². The highest BCUT2D eigenvalue weighted by Gasteiger charge is 2.13. The van der Waals surface area contributed by atoms with E-state index >= 15 is 0 Å². The van der Waals surface area contributed by atoms with Gasteiger partial charge in [-0.2, -0.15) is 0 Å². The van der Waals surface area contributed by atoms with E-state index in [0.717, 1.165) is 0 Å². The summed E-state index contributed by atoms with van der Waals surface area (Å²) in [5, 5.41) is 33.6. The quantitative estimate of drug-likeness (QED) is 0.584. The average Bonchev–Trinajstić information content (AvgIpc) is 2.45. The SMILES string of the molecule is C=C(CCCO)C(=O)O.O=C(O)c1ccccc1C(=O)O. The van der Waals surface area contributed by atoms with Crippen LogP contribution in [0.3, 0.4) is 0 Å². The van der Waals surface area contributed by atoms with Crippen molar-refractivity contribution in [2.45, 2.75) is 12.8 Å². The molecule has 0 saturated carbocycles. The second-order valence-corrected chi connectivity index (χ2v) is 3.89. The number of carboxylic acids is 3. The number of aliphatic hydroxyl groups is 1. The predicted octanol–water partition coefficient (Wildman–Crippen LogP) is 1.48. The van der Waals surface area contributed by atoms with Crippen molar-refractivity contribution in [2.24, 2.45) is 0 Å². The summed E-state index contributed by atoms with van der Waals surface area (Å²) in [6.07, 6.45) is 0.844. The van der Waals surface area contributed by atoms with Crippen molar-refractivity contribution in [3.05, 3.63) is 47.5 Å². The molecule has 0 amide bonds. The van der Waals surface area contributed by atoms with Crippen molar-refractivity contribution in [3.8, 4) is 0 Å². The maximum absolute atomic E-state index is 10.5. The molecule has 0 bridgehead atoms. The van der Waals surface area contributed by atoms with Gasteiger partial charge in [-0.3, -0.25) is 0 Å². The molecule has 114 valence electrons.